The summed E-state index contributed by atoms with van der Waals surface area (Å²) >= 11 is 1.42. The van der Waals surface area contributed by atoms with Crippen LogP contribution in [0.3, 0.4) is 0 Å². The van der Waals surface area contributed by atoms with Crippen LogP contribution >= 0.6 is 11.3 Å². The highest BCUT2D eigenvalue weighted by Crippen LogP contribution is 2.31. The Labute approximate surface area is 201 Å². The van der Waals surface area contributed by atoms with Crippen molar-refractivity contribution in [1.82, 2.24) is 4.90 Å². The molecule has 1 amide bonds. The summed E-state index contributed by atoms with van der Waals surface area (Å²) in [6.07, 6.45) is -0.843. The fraction of sp³-hybridized carbons (Fsp3) is 0.179. The first-order valence-corrected chi connectivity index (χ1v) is 12.1. The molecule has 1 atom stereocenters. The maximum absolute atomic E-state index is 13.3. The molecule has 172 valence electrons. The Kier molecular flexibility index (Phi) is 6.34. The molecule has 3 aromatic carbocycles. The van der Waals surface area contributed by atoms with Gasteiger partial charge in [0.2, 0.25) is 0 Å². The molecule has 1 unspecified atom stereocenters. The van der Waals surface area contributed by atoms with E-state index in [9.17, 15) is 9.90 Å². The number of carbonyl (C=O) groups is 1. The van der Waals surface area contributed by atoms with Crippen molar-refractivity contribution < 1.29 is 19.1 Å². The minimum absolute atomic E-state index is 0.0727. The van der Waals surface area contributed by atoms with Crippen molar-refractivity contribution in [3.05, 3.63) is 100 Å². The number of furan rings is 1. The summed E-state index contributed by atoms with van der Waals surface area (Å²) in [5.74, 6) is 0.565. The zero-order chi connectivity index (χ0) is 23.5. The Balaban J connectivity index is 1.30. The van der Waals surface area contributed by atoms with E-state index in [0.29, 0.717) is 17.2 Å². The standard InChI is InChI=1S/C28H25NO4S/c1-19-13-14-34-27(19)28(31)29(16-20-7-3-2-4-8-20)17-21(30)18-32-22-11-12-26-24(15-22)23-9-5-6-10-25(23)33-26/h2-15,21,30H,16-18H2,1H3. The molecule has 5 nitrogen and oxygen atoms in total. The highest BCUT2D eigenvalue weighted by atomic mass is 32.1. The van der Waals surface area contributed by atoms with E-state index >= 15 is 0 Å². The van der Waals surface area contributed by atoms with E-state index in [1.807, 2.05) is 91.2 Å². The first-order chi connectivity index (χ1) is 16.6. The van der Waals surface area contributed by atoms with E-state index in [1.54, 1.807) is 4.90 Å². The number of para-hydroxylation sites is 1. The number of fused-ring (bicyclic) bond motifs is 3. The highest BCUT2D eigenvalue weighted by Gasteiger charge is 2.22. The number of thiophene rings is 1. The van der Waals surface area contributed by atoms with Gasteiger partial charge >= 0.3 is 0 Å². The second kappa shape index (κ2) is 9.71. The van der Waals surface area contributed by atoms with Crippen molar-refractivity contribution in [2.75, 3.05) is 13.2 Å². The van der Waals surface area contributed by atoms with Gasteiger partial charge in [-0.1, -0.05) is 48.5 Å². The second-order valence-electron chi connectivity index (χ2n) is 8.33. The van der Waals surface area contributed by atoms with E-state index in [4.69, 9.17) is 9.15 Å². The largest absolute Gasteiger partial charge is 0.491 e. The van der Waals surface area contributed by atoms with E-state index < -0.39 is 6.10 Å². The van der Waals surface area contributed by atoms with E-state index in [1.165, 1.54) is 11.3 Å². The molecule has 0 radical (unpaired) electrons. The normalized spacial score (nSPS) is 12.2. The first-order valence-electron chi connectivity index (χ1n) is 11.2. The molecular weight excluding hydrogens is 446 g/mol. The van der Waals surface area contributed by atoms with Gasteiger partial charge in [0.15, 0.2) is 0 Å². The number of nitrogens with zero attached hydrogens (tertiary/aromatic N) is 1. The number of aryl methyl sites for hydroxylation is 1. The van der Waals surface area contributed by atoms with Crippen LogP contribution in [0.15, 0.2) is 88.7 Å². The number of benzene rings is 3. The Morgan fingerprint density at radius 1 is 1.00 bits per heavy atom. The smallest absolute Gasteiger partial charge is 0.264 e. The molecule has 0 aliphatic rings. The van der Waals surface area contributed by atoms with Crippen LogP contribution in [-0.2, 0) is 6.54 Å². The molecule has 5 aromatic rings. The third-order valence-electron chi connectivity index (χ3n) is 5.78. The lowest BCUT2D eigenvalue weighted by molar-refractivity contribution is 0.0485. The summed E-state index contributed by atoms with van der Waals surface area (Å²) in [6.45, 7) is 2.59. The third-order valence-corrected chi connectivity index (χ3v) is 6.79. The predicted molar refractivity (Wildman–Crippen MR) is 135 cm³/mol. The minimum Gasteiger partial charge on any atom is -0.491 e. The van der Waals surface area contributed by atoms with Gasteiger partial charge in [0.25, 0.3) is 5.91 Å². The molecule has 5 rings (SSSR count). The molecule has 0 saturated heterocycles. The average molecular weight is 472 g/mol. The van der Waals surface area contributed by atoms with E-state index in [2.05, 4.69) is 0 Å². The first kappa shape index (κ1) is 22.2. The van der Waals surface area contributed by atoms with E-state index in [0.717, 1.165) is 33.1 Å². The van der Waals surface area contributed by atoms with Gasteiger partial charge in [-0.2, -0.15) is 0 Å². The summed E-state index contributed by atoms with van der Waals surface area (Å²) in [5.41, 5.74) is 3.57. The van der Waals surface area contributed by atoms with Crippen molar-refractivity contribution in [2.24, 2.45) is 0 Å². The van der Waals surface area contributed by atoms with Crippen LogP contribution in [0.1, 0.15) is 20.8 Å². The van der Waals surface area contributed by atoms with Gasteiger partial charge in [0.05, 0.1) is 11.4 Å². The van der Waals surface area contributed by atoms with Gasteiger partial charge in [0.1, 0.15) is 29.6 Å². The van der Waals surface area contributed by atoms with Gasteiger partial charge in [-0.15, -0.1) is 11.3 Å². The summed E-state index contributed by atoms with van der Waals surface area (Å²) < 4.78 is 11.8. The van der Waals surface area contributed by atoms with Gasteiger partial charge in [-0.05, 0) is 53.8 Å². The van der Waals surface area contributed by atoms with Crippen LogP contribution in [0.4, 0.5) is 0 Å². The number of ether oxygens (including phenoxy) is 1. The van der Waals surface area contributed by atoms with Crippen LogP contribution in [-0.4, -0.2) is 35.2 Å². The molecule has 2 aromatic heterocycles. The van der Waals surface area contributed by atoms with Crippen LogP contribution in [0.5, 0.6) is 5.75 Å². The van der Waals surface area contributed by atoms with Gasteiger partial charge < -0.3 is 19.2 Å². The SMILES string of the molecule is Cc1ccsc1C(=O)N(Cc1ccccc1)CC(O)COc1ccc2oc3ccccc3c2c1. The van der Waals surface area contributed by atoms with Gasteiger partial charge in [0, 0.05) is 17.3 Å². The molecule has 0 aliphatic carbocycles. The fourth-order valence-corrected chi connectivity index (χ4v) is 4.95. The monoisotopic (exact) mass is 471 g/mol. The Morgan fingerprint density at radius 2 is 1.76 bits per heavy atom. The van der Waals surface area contributed by atoms with Crippen molar-refractivity contribution in [1.29, 1.82) is 0 Å². The van der Waals surface area contributed by atoms with Crippen LogP contribution in [0.2, 0.25) is 0 Å². The fourth-order valence-electron chi connectivity index (χ4n) is 4.05. The maximum atomic E-state index is 13.3. The molecule has 1 N–H and O–H groups in total. The quantitative estimate of drug-likeness (QED) is 0.300. The average Bonchev–Trinajstić information content (AvgIpc) is 3.45. The maximum Gasteiger partial charge on any atom is 0.264 e. The predicted octanol–water partition coefficient (Wildman–Crippen LogP) is 6.04. The molecule has 0 bridgehead atoms. The highest BCUT2D eigenvalue weighted by molar-refractivity contribution is 7.12. The number of rotatable bonds is 8. The lowest BCUT2D eigenvalue weighted by atomic mass is 10.1. The van der Waals surface area contributed by atoms with Crippen LogP contribution < -0.4 is 4.74 Å². The molecule has 0 aliphatic heterocycles. The van der Waals surface area contributed by atoms with Crippen molar-refractivity contribution in [3.63, 3.8) is 0 Å². The summed E-state index contributed by atoms with van der Waals surface area (Å²) in [7, 11) is 0. The number of amides is 1. The molecular formula is C28H25NO4S. The summed E-state index contributed by atoms with van der Waals surface area (Å²) in [4.78, 5) is 15.6. The summed E-state index contributed by atoms with van der Waals surface area (Å²) in [6, 6.07) is 25.2. The van der Waals surface area contributed by atoms with Crippen LogP contribution in [0, 0.1) is 6.92 Å². The minimum atomic E-state index is -0.843. The van der Waals surface area contributed by atoms with Crippen LogP contribution in [0.25, 0.3) is 21.9 Å². The number of hydrogen-bond donors (Lipinski definition) is 1. The molecule has 34 heavy (non-hydrogen) atoms. The number of carbonyl (C=O) groups excluding carboxylic acids is 1. The number of aliphatic hydroxyl groups excluding tert-OH is 1. The molecule has 0 spiro atoms. The molecule has 2 heterocycles. The zero-order valence-electron chi connectivity index (χ0n) is 18.8. The topological polar surface area (TPSA) is 62.9 Å². The summed E-state index contributed by atoms with van der Waals surface area (Å²) in [5, 5.41) is 14.7. The Morgan fingerprint density at radius 3 is 2.56 bits per heavy atom. The van der Waals surface area contributed by atoms with Crippen molar-refractivity contribution >= 4 is 39.2 Å². The third kappa shape index (κ3) is 4.69. The number of hydrogen-bond acceptors (Lipinski definition) is 5. The Hall–Kier alpha value is -3.61. The van der Waals surface area contributed by atoms with Crippen molar-refractivity contribution in [3.8, 4) is 5.75 Å². The molecule has 0 fully saturated rings. The number of aliphatic hydroxyl groups is 1. The van der Waals surface area contributed by atoms with Gasteiger partial charge in [-0.25, -0.2) is 0 Å². The van der Waals surface area contributed by atoms with Gasteiger partial charge in [-0.3, -0.25) is 4.79 Å². The molecule has 6 heteroatoms. The molecule has 0 saturated carbocycles. The second-order valence-corrected chi connectivity index (χ2v) is 9.24. The van der Waals surface area contributed by atoms with E-state index in [-0.39, 0.29) is 19.1 Å². The lowest BCUT2D eigenvalue weighted by Crippen LogP contribution is -2.39. The Bertz CT molecular complexity index is 1420. The lowest BCUT2D eigenvalue weighted by Gasteiger charge is -2.25. The van der Waals surface area contributed by atoms with Crippen molar-refractivity contribution in [2.45, 2.75) is 19.6 Å². The zero-order valence-corrected chi connectivity index (χ0v) is 19.6.